The molecule has 3 nitrogen and oxygen atoms in total. The largest absolute Gasteiger partial charge is 0.486 e. The molecule has 4 heteroatoms. The van der Waals surface area contributed by atoms with Crippen LogP contribution >= 0.6 is 15.9 Å². The van der Waals surface area contributed by atoms with Gasteiger partial charge >= 0.3 is 5.97 Å². The molecule has 1 aliphatic rings. The summed E-state index contributed by atoms with van der Waals surface area (Å²) < 4.78 is 6.69. The van der Waals surface area contributed by atoms with Crippen molar-refractivity contribution in [2.75, 3.05) is 0 Å². The van der Waals surface area contributed by atoms with Gasteiger partial charge in [0.2, 0.25) is 0 Å². The summed E-state index contributed by atoms with van der Waals surface area (Å²) in [7, 11) is 0. The molecule has 0 atom stereocenters. The van der Waals surface area contributed by atoms with E-state index in [1.54, 1.807) is 12.1 Å². The van der Waals surface area contributed by atoms with Crippen LogP contribution in [0.15, 0.2) is 16.6 Å². The zero-order valence-corrected chi connectivity index (χ0v) is 12.6. The lowest BCUT2D eigenvalue weighted by Gasteiger charge is -2.43. The molecule has 0 radical (unpaired) electrons. The summed E-state index contributed by atoms with van der Waals surface area (Å²) in [5.41, 5.74) is 0.889. The van der Waals surface area contributed by atoms with Crippen LogP contribution in [0.5, 0.6) is 5.75 Å². The van der Waals surface area contributed by atoms with Crippen LogP contribution in [0.1, 0.15) is 50.0 Å². The zero-order valence-electron chi connectivity index (χ0n) is 11.0. The minimum absolute atomic E-state index is 0.106. The number of carboxylic acid groups (broad SMARTS) is 1. The number of benzene rings is 1. The molecule has 1 N–H and O–H groups in total. The topological polar surface area (TPSA) is 46.5 Å². The zero-order chi connectivity index (χ0) is 13.7. The van der Waals surface area contributed by atoms with Gasteiger partial charge < -0.3 is 9.84 Å². The summed E-state index contributed by atoms with van der Waals surface area (Å²) in [4.78, 5) is 11.1. The van der Waals surface area contributed by atoms with Crippen molar-refractivity contribution in [3.63, 3.8) is 0 Å². The highest BCUT2D eigenvalue weighted by atomic mass is 79.9. The molecule has 0 saturated carbocycles. The summed E-state index contributed by atoms with van der Waals surface area (Å²) in [6.07, 6.45) is 0.850. The maximum atomic E-state index is 11.1. The monoisotopic (exact) mass is 312 g/mol. The lowest BCUT2D eigenvalue weighted by atomic mass is 9.73. The van der Waals surface area contributed by atoms with E-state index in [0.717, 1.165) is 17.7 Å². The van der Waals surface area contributed by atoms with Gasteiger partial charge in [0.15, 0.2) is 0 Å². The van der Waals surface area contributed by atoms with Crippen molar-refractivity contribution in [3.8, 4) is 5.75 Å². The van der Waals surface area contributed by atoms with Crippen molar-refractivity contribution in [1.82, 2.24) is 0 Å². The molecular weight excluding hydrogens is 296 g/mol. The Bertz CT molecular complexity index is 518. The average Bonchev–Trinajstić information content (AvgIpc) is 2.16. The second-order valence-electron chi connectivity index (χ2n) is 6.06. The van der Waals surface area contributed by atoms with Crippen LogP contribution in [0.25, 0.3) is 0 Å². The number of rotatable bonds is 1. The molecule has 2 rings (SSSR count). The number of aromatic carboxylic acids is 1. The Morgan fingerprint density at radius 2 is 1.94 bits per heavy atom. The van der Waals surface area contributed by atoms with E-state index in [1.807, 2.05) is 0 Å². The molecule has 1 aromatic carbocycles. The molecule has 0 aliphatic carbocycles. The Hall–Kier alpha value is -1.03. The van der Waals surface area contributed by atoms with Crippen LogP contribution < -0.4 is 4.74 Å². The van der Waals surface area contributed by atoms with Gasteiger partial charge in [-0.05, 0) is 53.7 Å². The molecule has 1 heterocycles. The first-order valence-electron chi connectivity index (χ1n) is 5.89. The quantitative estimate of drug-likeness (QED) is 0.853. The van der Waals surface area contributed by atoms with E-state index < -0.39 is 5.97 Å². The Balaban J connectivity index is 2.66. The second kappa shape index (κ2) is 3.98. The maximum Gasteiger partial charge on any atom is 0.335 e. The summed E-state index contributed by atoms with van der Waals surface area (Å²) in [5, 5.41) is 9.12. The normalized spacial score (nSPS) is 19.8. The first-order valence-corrected chi connectivity index (χ1v) is 6.68. The molecule has 0 bridgehead atoms. The predicted octanol–water partition coefficient (Wildman–Crippen LogP) is 3.99. The van der Waals surface area contributed by atoms with E-state index >= 15 is 0 Å². The fourth-order valence-electron chi connectivity index (χ4n) is 2.80. The molecule has 0 saturated heterocycles. The van der Waals surface area contributed by atoms with Gasteiger partial charge in [0.25, 0.3) is 0 Å². The van der Waals surface area contributed by atoms with Crippen LogP contribution in [-0.4, -0.2) is 16.7 Å². The Morgan fingerprint density at radius 3 is 2.50 bits per heavy atom. The molecule has 0 aromatic heterocycles. The Kier molecular flexibility index (Phi) is 2.97. The lowest BCUT2D eigenvalue weighted by Crippen LogP contribution is -2.41. The number of halogens is 1. The first-order chi connectivity index (χ1) is 8.12. The van der Waals surface area contributed by atoms with Crippen LogP contribution in [0, 0.1) is 0 Å². The standard InChI is InChI=1S/C14H17BrO3/c1-13(2)7-14(3,4)18-11-9(13)5-8(12(16)17)6-10(11)15/h5-6H,7H2,1-4H3,(H,16,17). The molecular formula is C14H17BrO3. The number of carbonyl (C=O) groups is 1. The molecule has 1 aliphatic heterocycles. The summed E-state index contributed by atoms with van der Waals surface area (Å²) in [5.74, 6) is -0.152. The summed E-state index contributed by atoms with van der Waals surface area (Å²) in [6, 6.07) is 3.32. The fourth-order valence-corrected chi connectivity index (χ4v) is 3.34. The maximum absolute atomic E-state index is 11.1. The number of ether oxygens (including phenoxy) is 1. The average molecular weight is 313 g/mol. The molecule has 0 spiro atoms. The van der Waals surface area contributed by atoms with Crippen molar-refractivity contribution in [1.29, 1.82) is 0 Å². The number of fused-ring (bicyclic) bond motifs is 1. The third-order valence-electron chi connectivity index (χ3n) is 3.27. The van der Waals surface area contributed by atoms with Gasteiger partial charge in [-0.2, -0.15) is 0 Å². The molecule has 18 heavy (non-hydrogen) atoms. The highest BCUT2D eigenvalue weighted by Gasteiger charge is 2.40. The van der Waals surface area contributed by atoms with Crippen LogP contribution in [0.4, 0.5) is 0 Å². The fraction of sp³-hybridized carbons (Fsp3) is 0.500. The van der Waals surface area contributed by atoms with E-state index in [1.165, 1.54) is 0 Å². The van der Waals surface area contributed by atoms with E-state index in [0.29, 0.717) is 4.47 Å². The SMILES string of the molecule is CC1(C)CC(C)(C)c2cc(C(=O)O)cc(Br)c2O1. The van der Waals surface area contributed by atoms with Gasteiger partial charge in [0.05, 0.1) is 10.0 Å². The third kappa shape index (κ3) is 2.26. The number of carboxylic acids is 1. The van der Waals surface area contributed by atoms with Gasteiger partial charge in [-0.15, -0.1) is 0 Å². The number of hydrogen-bond acceptors (Lipinski definition) is 2. The van der Waals surface area contributed by atoms with Crippen molar-refractivity contribution in [3.05, 3.63) is 27.7 Å². The molecule has 0 fully saturated rings. The van der Waals surface area contributed by atoms with E-state index in [2.05, 4.69) is 43.6 Å². The molecule has 0 unspecified atom stereocenters. The van der Waals surface area contributed by atoms with Crippen LogP contribution in [-0.2, 0) is 5.41 Å². The van der Waals surface area contributed by atoms with Crippen LogP contribution in [0.2, 0.25) is 0 Å². The van der Waals surface area contributed by atoms with Gasteiger partial charge in [0, 0.05) is 5.56 Å². The first kappa shape index (κ1) is 13.4. The van der Waals surface area contributed by atoms with Crippen molar-refractivity contribution in [2.24, 2.45) is 0 Å². The van der Waals surface area contributed by atoms with Gasteiger partial charge in [0.1, 0.15) is 11.4 Å². The van der Waals surface area contributed by atoms with Gasteiger partial charge in [-0.1, -0.05) is 13.8 Å². The van der Waals surface area contributed by atoms with Crippen LogP contribution in [0.3, 0.4) is 0 Å². The highest BCUT2D eigenvalue weighted by molar-refractivity contribution is 9.10. The van der Waals surface area contributed by atoms with Gasteiger partial charge in [-0.25, -0.2) is 4.79 Å². The minimum atomic E-state index is -0.917. The lowest BCUT2D eigenvalue weighted by molar-refractivity contribution is 0.0522. The van der Waals surface area contributed by atoms with E-state index in [9.17, 15) is 4.79 Å². The van der Waals surface area contributed by atoms with Crippen molar-refractivity contribution >= 4 is 21.9 Å². The highest BCUT2D eigenvalue weighted by Crippen LogP contribution is 2.48. The van der Waals surface area contributed by atoms with E-state index in [4.69, 9.17) is 9.84 Å². The van der Waals surface area contributed by atoms with Crippen molar-refractivity contribution < 1.29 is 14.6 Å². The van der Waals surface area contributed by atoms with Gasteiger partial charge in [-0.3, -0.25) is 0 Å². The summed E-state index contributed by atoms with van der Waals surface area (Å²) >= 11 is 3.42. The second-order valence-corrected chi connectivity index (χ2v) is 6.92. The number of hydrogen-bond donors (Lipinski definition) is 1. The molecule has 1 aromatic rings. The Morgan fingerprint density at radius 1 is 1.33 bits per heavy atom. The molecule has 98 valence electrons. The van der Waals surface area contributed by atoms with Crippen molar-refractivity contribution in [2.45, 2.75) is 45.1 Å². The van der Waals surface area contributed by atoms with E-state index in [-0.39, 0.29) is 16.6 Å². The third-order valence-corrected chi connectivity index (χ3v) is 3.85. The predicted molar refractivity (Wildman–Crippen MR) is 73.5 cm³/mol. The smallest absolute Gasteiger partial charge is 0.335 e. The molecule has 0 amide bonds. The summed E-state index contributed by atoms with van der Waals surface area (Å²) in [6.45, 7) is 8.34. The minimum Gasteiger partial charge on any atom is -0.486 e. The Labute approximate surface area is 115 Å².